The third kappa shape index (κ3) is 4.83. The lowest BCUT2D eigenvalue weighted by Crippen LogP contribution is -2.48. The van der Waals surface area contributed by atoms with Crippen molar-refractivity contribution in [3.8, 4) is 0 Å². The molecule has 1 aliphatic rings. The van der Waals surface area contributed by atoms with Crippen LogP contribution in [0.5, 0.6) is 0 Å². The highest BCUT2D eigenvalue weighted by atomic mass is 19.4. The molecule has 0 saturated carbocycles. The van der Waals surface area contributed by atoms with Gasteiger partial charge in [0.2, 0.25) is 0 Å². The smallest absolute Gasteiger partial charge is 0.325 e. The maximum absolute atomic E-state index is 12.3. The van der Waals surface area contributed by atoms with Gasteiger partial charge in [-0.25, -0.2) is 4.79 Å². The second kappa shape index (κ2) is 6.12. The summed E-state index contributed by atoms with van der Waals surface area (Å²) in [6.07, 6.45) is -0.956. The van der Waals surface area contributed by atoms with E-state index in [0.29, 0.717) is 19.5 Å². The van der Waals surface area contributed by atoms with Gasteiger partial charge in [-0.15, -0.1) is 0 Å². The minimum atomic E-state index is -4.32. The summed E-state index contributed by atoms with van der Waals surface area (Å²) in [6.45, 7) is 1.95. The van der Waals surface area contributed by atoms with Gasteiger partial charge in [-0.2, -0.15) is 13.2 Å². The number of urea groups is 1. The second-order valence-electron chi connectivity index (χ2n) is 4.37. The molecule has 1 rings (SSSR count). The number of amides is 2. The molecule has 0 aromatic heterocycles. The van der Waals surface area contributed by atoms with Crippen molar-refractivity contribution in [1.82, 2.24) is 9.80 Å². The zero-order valence-corrected chi connectivity index (χ0v) is 10.1. The quantitative estimate of drug-likeness (QED) is 0.757. The Kier molecular flexibility index (Phi) is 5.08. The van der Waals surface area contributed by atoms with Crippen LogP contribution in [0.15, 0.2) is 0 Å². The van der Waals surface area contributed by atoms with E-state index in [-0.39, 0.29) is 6.54 Å². The van der Waals surface area contributed by atoms with Gasteiger partial charge in [-0.1, -0.05) is 6.92 Å². The predicted molar refractivity (Wildman–Crippen MR) is 58.7 cm³/mol. The maximum atomic E-state index is 12.3. The molecule has 0 unspecified atom stereocenters. The van der Waals surface area contributed by atoms with Crippen LogP contribution in [-0.4, -0.2) is 48.2 Å². The summed E-state index contributed by atoms with van der Waals surface area (Å²) in [5.74, 6) is 0. The van der Waals surface area contributed by atoms with Crippen LogP contribution in [0.2, 0.25) is 0 Å². The molecular weight excluding hydrogens is 233 g/mol. The first-order valence-electron chi connectivity index (χ1n) is 6.04. The van der Waals surface area contributed by atoms with Crippen molar-refractivity contribution in [2.45, 2.75) is 38.8 Å². The number of likely N-dealkylation sites (tertiary alicyclic amines) is 1. The molecule has 0 atom stereocenters. The van der Waals surface area contributed by atoms with Crippen molar-refractivity contribution in [1.29, 1.82) is 0 Å². The van der Waals surface area contributed by atoms with Gasteiger partial charge in [0.1, 0.15) is 6.54 Å². The summed E-state index contributed by atoms with van der Waals surface area (Å²) in [7, 11) is 0. The number of hydrogen-bond acceptors (Lipinski definition) is 1. The van der Waals surface area contributed by atoms with Crippen LogP contribution in [0.4, 0.5) is 18.0 Å². The Balaban J connectivity index is 2.58. The highest BCUT2D eigenvalue weighted by Crippen LogP contribution is 2.19. The fraction of sp³-hybridized carbons (Fsp3) is 0.909. The van der Waals surface area contributed by atoms with Crippen LogP contribution in [0.25, 0.3) is 0 Å². The molecule has 6 heteroatoms. The van der Waals surface area contributed by atoms with Gasteiger partial charge in [0.15, 0.2) is 0 Å². The first kappa shape index (κ1) is 14.1. The van der Waals surface area contributed by atoms with Crippen molar-refractivity contribution in [2.24, 2.45) is 0 Å². The van der Waals surface area contributed by atoms with Gasteiger partial charge in [0.25, 0.3) is 0 Å². The van der Waals surface area contributed by atoms with Crippen molar-refractivity contribution >= 4 is 6.03 Å². The van der Waals surface area contributed by atoms with Crippen molar-refractivity contribution < 1.29 is 18.0 Å². The van der Waals surface area contributed by atoms with Crippen LogP contribution in [0, 0.1) is 0 Å². The number of hydrogen-bond donors (Lipinski definition) is 0. The Morgan fingerprint density at radius 3 is 2.29 bits per heavy atom. The summed E-state index contributed by atoms with van der Waals surface area (Å²) in [5.41, 5.74) is 0. The molecule has 3 nitrogen and oxygen atoms in total. The average Bonchev–Trinajstić information content (AvgIpc) is 2.27. The van der Waals surface area contributed by atoms with E-state index >= 15 is 0 Å². The molecule has 0 aromatic carbocycles. The van der Waals surface area contributed by atoms with E-state index in [4.69, 9.17) is 0 Å². The van der Waals surface area contributed by atoms with E-state index < -0.39 is 18.8 Å². The number of carbonyl (C=O) groups is 1. The highest BCUT2D eigenvalue weighted by molar-refractivity contribution is 5.74. The second-order valence-corrected chi connectivity index (χ2v) is 4.37. The van der Waals surface area contributed by atoms with E-state index in [1.54, 1.807) is 6.92 Å². The predicted octanol–water partition coefficient (Wildman–Crippen LogP) is 2.87. The summed E-state index contributed by atoms with van der Waals surface area (Å²) >= 11 is 0. The fourth-order valence-corrected chi connectivity index (χ4v) is 2.01. The van der Waals surface area contributed by atoms with Crippen molar-refractivity contribution in [3.63, 3.8) is 0 Å². The number of halogens is 3. The van der Waals surface area contributed by atoms with E-state index in [9.17, 15) is 18.0 Å². The molecule has 0 aliphatic carbocycles. The topological polar surface area (TPSA) is 23.6 Å². The van der Waals surface area contributed by atoms with Crippen LogP contribution >= 0.6 is 0 Å². The molecule has 1 saturated heterocycles. The Labute approximate surface area is 99.6 Å². The van der Waals surface area contributed by atoms with Crippen molar-refractivity contribution in [2.75, 3.05) is 26.2 Å². The van der Waals surface area contributed by atoms with Crippen molar-refractivity contribution in [3.05, 3.63) is 0 Å². The van der Waals surface area contributed by atoms with E-state index in [2.05, 4.69) is 0 Å². The van der Waals surface area contributed by atoms with Gasteiger partial charge >= 0.3 is 12.2 Å². The lowest BCUT2D eigenvalue weighted by atomic mass is 10.1. The first-order valence-corrected chi connectivity index (χ1v) is 6.04. The molecule has 1 aliphatic heterocycles. The van der Waals surface area contributed by atoms with Gasteiger partial charge in [-0.3, -0.25) is 0 Å². The zero-order valence-electron chi connectivity index (χ0n) is 10.1. The van der Waals surface area contributed by atoms with Crippen LogP contribution < -0.4 is 0 Å². The monoisotopic (exact) mass is 252 g/mol. The van der Waals surface area contributed by atoms with Crippen LogP contribution in [0.1, 0.15) is 32.6 Å². The highest BCUT2D eigenvalue weighted by Gasteiger charge is 2.34. The van der Waals surface area contributed by atoms with E-state index in [1.165, 1.54) is 4.90 Å². The first-order chi connectivity index (χ1) is 7.94. The molecule has 100 valence electrons. The number of piperidine rings is 1. The summed E-state index contributed by atoms with van der Waals surface area (Å²) in [5, 5.41) is 0. The molecule has 0 radical (unpaired) electrons. The summed E-state index contributed by atoms with van der Waals surface area (Å²) < 4.78 is 37.0. The molecule has 0 bridgehead atoms. The van der Waals surface area contributed by atoms with Gasteiger partial charge < -0.3 is 9.80 Å². The minimum absolute atomic E-state index is 0.162. The molecule has 0 N–H and O–H groups in total. The van der Waals surface area contributed by atoms with Crippen LogP contribution in [-0.2, 0) is 0 Å². The number of nitrogens with zero attached hydrogens (tertiary/aromatic N) is 2. The Morgan fingerprint density at radius 2 is 1.82 bits per heavy atom. The molecule has 1 heterocycles. The van der Waals surface area contributed by atoms with E-state index in [0.717, 1.165) is 24.2 Å². The third-order valence-corrected chi connectivity index (χ3v) is 2.76. The standard InChI is InChI=1S/C11H19F3N2O/c1-2-6-16(9-11(12,13)14)10(17)15-7-4-3-5-8-15/h2-9H2,1H3. The molecule has 17 heavy (non-hydrogen) atoms. The van der Waals surface area contributed by atoms with E-state index in [1.807, 2.05) is 0 Å². The normalized spacial score (nSPS) is 17.1. The number of carbonyl (C=O) groups excluding carboxylic acids is 1. The molecule has 2 amide bonds. The summed E-state index contributed by atoms with van der Waals surface area (Å²) in [4.78, 5) is 14.4. The summed E-state index contributed by atoms with van der Waals surface area (Å²) in [6, 6.07) is -0.469. The Morgan fingerprint density at radius 1 is 1.24 bits per heavy atom. The largest absolute Gasteiger partial charge is 0.406 e. The molecule has 0 spiro atoms. The average molecular weight is 252 g/mol. The lowest BCUT2D eigenvalue weighted by Gasteiger charge is -2.33. The fourth-order valence-electron chi connectivity index (χ4n) is 2.01. The third-order valence-electron chi connectivity index (χ3n) is 2.76. The maximum Gasteiger partial charge on any atom is 0.406 e. The SMILES string of the molecule is CCCN(CC(F)(F)F)C(=O)N1CCCCC1. The van der Waals surface area contributed by atoms with Gasteiger partial charge in [0.05, 0.1) is 0 Å². The minimum Gasteiger partial charge on any atom is -0.325 e. The van der Waals surface area contributed by atoms with Crippen LogP contribution in [0.3, 0.4) is 0 Å². The Hall–Kier alpha value is -0.940. The number of alkyl halides is 3. The zero-order chi connectivity index (χ0) is 12.9. The molecule has 1 fully saturated rings. The molecule has 0 aromatic rings. The van der Waals surface area contributed by atoms with Gasteiger partial charge in [0, 0.05) is 19.6 Å². The number of rotatable bonds is 3. The Bertz CT molecular complexity index is 250. The lowest BCUT2D eigenvalue weighted by molar-refractivity contribution is -0.141. The van der Waals surface area contributed by atoms with Gasteiger partial charge in [-0.05, 0) is 25.7 Å². The molecular formula is C11H19F3N2O.